The molecule has 1 aromatic heterocycles. The summed E-state index contributed by atoms with van der Waals surface area (Å²) in [7, 11) is 0. The lowest BCUT2D eigenvalue weighted by Gasteiger charge is -2.13. The van der Waals surface area contributed by atoms with Crippen LogP contribution in [0.4, 0.5) is 11.4 Å². The maximum Gasteiger partial charge on any atom is 0.274 e. The normalized spacial score (nSPS) is 16.7. The SMILES string of the molecule is Cc1cc(C)c(NC(=O)c2ccc(NCC3CCCO3)cn2)c(C)c1. The summed E-state index contributed by atoms with van der Waals surface area (Å²) < 4.78 is 5.59. The molecule has 0 radical (unpaired) electrons. The van der Waals surface area contributed by atoms with E-state index in [1.807, 2.05) is 19.9 Å². The van der Waals surface area contributed by atoms with Gasteiger partial charge in [0, 0.05) is 18.8 Å². The molecule has 0 bridgehead atoms. The average Bonchev–Trinajstić information content (AvgIpc) is 3.10. The molecule has 1 fully saturated rings. The van der Waals surface area contributed by atoms with Crippen molar-refractivity contribution < 1.29 is 9.53 Å². The van der Waals surface area contributed by atoms with Crippen molar-refractivity contribution in [2.75, 3.05) is 23.8 Å². The molecule has 1 unspecified atom stereocenters. The summed E-state index contributed by atoms with van der Waals surface area (Å²) in [6, 6.07) is 7.75. The number of anilines is 2. The molecule has 0 spiro atoms. The number of amides is 1. The molecule has 1 saturated heterocycles. The number of hydrogen-bond acceptors (Lipinski definition) is 4. The minimum Gasteiger partial charge on any atom is -0.381 e. The minimum atomic E-state index is -0.194. The van der Waals surface area contributed by atoms with Crippen LogP contribution >= 0.6 is 0 Å². The molecule has 2 aromatic rings. The van der Waals surface area contributed by atoms with Gasteiger partial charge in [0.15, 0.2) is 0 Å². The highest BCUT2D eigenvalue weighted by Gasteiger charge is 2.15. The first-order chi connectivity index (χ1) is 12.0. The second kappa shape index (κ2) is 7.66. The number of aromatic nitrogens is 1. The number of benzene rings is 1. The second-order valence-electron chi connectivity index (χ2n) is 6.68. The van der Waals surface area contributed by atoms with E-state index in [-0.39, 0.29) is 12.0 Å². The standard InChI is InChI=1S/C20H25N3O2/c1-13-9-14(2)19(15(3)10-13)23-20(24)18-7-6-16(11-22-18)21-12-17-5-4-8-25-17/h6-7,9-11,17,21H,4-5,8,12H2,1-3H3,(H,23,24). The predicted molar refractivity (Wildman–Crippen MR) is 100 cm³/mol. The highest BCUT2D eigenvalue weighted by atomic mass is 16.5. The number of carbonyl (C=O) groups is 1. The molecule has 132 valence electrons. The summed E-state index contributed by atoms with van der Waals surface area (Å²) in [6.45, 7) is 7.67. The van der Waals surface area contributed by atoms with Gasteiger partial charge in [0.1, 0.15) is 5.69 Å². The molecule has 25 heavy (non-hydrogen) atoms. The Morgan fingerprint density at radius 1 is 1.24 bits per heavy atom. The summed E-state index contributed by atoms with van der Waals surface area (Å²) in [4.78, 5) is 16.7. The number of pyridine rings is 1. The Labute approximate surface area is 148 Å². The van der Waals surface area contributed by atoms with Gasteiger partial charge in [-0.15, -0.1) is 0 Å². The van der Waals surface area contributed by atoms with Crippen LogP contribution in [0.25, 0.3) is 0 Å². The first-order valence-corrected chi connectivity index (χ1v) is 8.73. The van der Waals surface area contributed by atoms with Crippen molar-refractivity contribution in [2.24, 2.45) is 0 Å². The summed E-state index contributed by atoms with van der Waals surface area (Å²) in [5.41, 5.74) is 5.46. The predicted octanol–water partition coefficient (Wildman–Crippen LogP) is 3.85. The van der Waals surface area contributed by atoms with Crippen molar-refractivity contribution in [1.29, 1.82) is 0 Å². The van der Waals surface area contributed by atoms with E-state index < -0.39 is 0 Å². The Bertz CT molecular complexity index is 727. The number of ether oxygens (including phenoxy) is 1. The zero-order valence-electron chi connectivity index (χ0n) is 15.1. The summed E-state index contributed by atoms with van der Waals surface area (Å²) in [6.07, 6.45) is 4.19. The fourth-order valence-electron chi connectivity index (χ4n) is 3.22. The molecule has 0 saturated carbocycles. The monoisotopic (exact) mass is 339 g/mol. The zero-order chi connectivity index (χ0) is 17.8. The number of rotatable bonds is 5. The van der Waals surface area contributed by atoms with E-state index in [1.165, 1.54) is 5.56 Å². The van der Waals surface area contributed by atoms with Crippen molar-refractivity contribution in [2.45, 2.75) is 39.7 Å². The topological polar surface area (TPSA) is 63.2 Å². The highest BCUT2D eigenvalue weighted by Crippen LogP contribution is 2.22. The summed E-state index contributed by atoms with van der Waals surface area (Å²) >= 11 is 0. The molecule has 5 nitrogen and oxygen atoms in total. The van der Waals surface area contributed by atoms with Crippen LogP contribution in [0, 0.1) is 20.8 Å². The van der Waals surface area contributed by atoms with E-state index in [0.717, 1.165) is 48.5 Å². The molecular weight excluding hydrogens is 314 g/mol. The van der Waals surface area contributed by atoms with Crippen molar-refractivity contribution >= 4 is 17.3 Å². The molecule has 1 aliphatic heterocycles. The van der Waals surface area contributed by atoms with E-state index in [9.17, 15) is 4.79 Å². The van der Waals surface area contributed by atoms with Gasteiger partial charge in [-0.2, -0.15) is 0 Å². The molecule has 1 aromatic carbocycles. The van der Waals surface area contributed by atoms with Gasteiger partial charge in [0.2, 0.25) is 0 Å². The Kier molecular flexibility index (Phi) is 5.34. The van der Waals surface area contributed by atoms with Gasteiger partial charge in [-0.1, -0.05) is 17.7 Å². The largest absolute Gasteiger partial charge is 0.381 e. The van der Waals surface area contributed by atoms with Gasteiger partial charge in [-0.25, -0.2) is 4.98 Å². The molecule has 2 N–H and O–H groups in total. The Hall–Kier alpha value is -2.40. The Morgan fingerprint density at radius 3 is 2.60 bits per heavy atom. The molecular formula is C20H25N3O2. The molecule has 1 amide bonds. The number of nitrogens with zero attached hydrogens (tertiary/aromatic N) is 1. The van der Waals surface area contributed by atoms with E-state index >= 15 is 0 Å². The minimum absolute atomic E-state index is 0.194. The molecule has 1 atom stereocenters. The smallest absolute Gasteiger partial charge is 0.274 e. The zero-order valence-corrected chi connectivity index (χ0v) is 15.1. The van der Waals surface area contributed by atoms with Crippen LogP contribution in [0.15, 0.2) is 30.5 Å². The van der Waals surface area contributed by atoms with Crippen LogP contribution in [-0.2, 0) is 4.74 Å². The number of aryl methyl sites for hydroxylation is 3. The van der Waals surface area contributed by atoms with E-state index in [4.69, 9.17) is 4.74 Å². The number of carbonyl (C=O) groups excluding carboxylic acids is 1. The Balaban J connectivity index is 1.62. The van der Waals surface area contributed by atoms with Crippen molar-refractivity contribution in [3.8, 4) is 0 Å². The number of nitrogens with one attached hydrogen (secondary N) is 2. The molecule has 2 heterocycles. The highest BCUT2D eigenvalue weighted by molar-refractivity contribution is 6.03. The quantitative estimate of drug-likeness (QED) is 0.868. The number of hydrogen-bond donors (Lipinski definition) is 2. The summed E-state index contributed by atoms with van der Waals surface area (Å²) in [5.74, 6) is -0.194. The van der Waals surface area contributed by atoms with E-state index in [2.05, 4.69) is 34.7 Å². The fraction of sp³-hybridized carbons (Fsp3) is 0.400. The van der Waals surface area contributed by atoms with Crippen LogP contribution in [0.3, 0.4) is 0 Å². The van der Waals surface area contributed by atoms with E-state index in [0.29, 0.717) is 5.69 Å². The van der Waals surface area contributed by atoms with Crippen molar-refractivity contribution in [3.63, 3.8) is 0 Å². The molecule has 3 rings (SSSR count). The van der Waals surface area contributed by atoms with Gasteiger partial charge < -0.3 is 15.4 Å². The first-order valence-electron chi connectivity index (χ1n) is 8.73. The third kappa shape index (κ3) is 4.37. The summed E-state index contributed by atoms with van der Waals surface area (Å²) in [5, 5.41) is 6.28. The lowest BCUT2D eigenvalue weighted by Crippen LogP contribution is -2.19. The fourth-order valence-corrected chi connectivity index (χ4v) is 3.22. The van der Waals surface area contributed by atoms with Crippen molar-refractivity contribution in [3.05, 3.63) is 52.8 Å². The third-order valence-electron chi connectivity index (χ3n) is 4.47. The Morgan fingerprint density at radius 2 is 2.00 bits per heavy atom. The lowest BCUT2D eigenvalue weighted by atomic mass is 10.0. The third-order valence-corrected chi connectivity index (χ3v) is 4.47. The first kappa shape index (κ1) is 17.4. The molecule has 5 heteroatoms. The second-order valence-corrected chi connectivity index (χ2v) is 6.68. The molecule has 0 aliphatic carbocycles. The van der Waals surface area contributed by atoms with E-state index in [1.54, 1.807) is 12.3 Å². The van der Waals surface area contributed by atoms with Gasteiger partial charge in [0.25, 0.3) is 5.91 Å². The van der Waals surface area contributed by atoms with Crippen molar-refractivity contribution in [1.82, 2.24) is 4.98 Å². The van der Waals surface area contributed by atoms with Crippen LogP contribution < -0.4 is 10.6 Å². The van der Waals surface area contributed by atoms with Gasteiger partial charge in [-0.05, 0) is 56.9 Å². The maximum absolute atomic E-state index is 12.5. The van der Waals surface area contributed by atoms with Gasteiger partial charge in [0.05, 0.1) is 18.0 Å². The van der Waals surface area contributed by atoms with Crippen LogP contribution in [-0.4, -0.2) is 30.1 Å². The van der Waals surface area contributed by atoms with Crippen LogP contribution in [0.1, 0.15) is 40.0 Å². The average molecular weight is 339 g/mol. The van der Waals surface area contributed by atoms with Crippen LogP contribution in [0.2, 0.25) is 0 Å². The lowest BCUT2D eigenvalue weighted by molar-refractivity contribution is 0.102. The van der Waals surface area contributed by atoms with Gasteiger partial charge >= 0.3 is 0 Å². The van der Waals surface area contributed by atoms with Crippen LogP contribution in [0.5, 0.6) is 0 Å². The maximum atomic E-state index is 12.5. The van der Waals surface area contributed by atoms with Gasteiger partial charge in [-0.3, -0.25) is 4.79 Å². The molecule has 1 aliphatic rings.